The van der Waals surface area contributed by atoms with E-state index in [0.717, 1.165) is 5.56 Å². The zero-order valence-corrected chi connectivity index (χ0v) is 12.4. The Morgan fingerprint density at radius 2 is 1.91 bits per heavy atom. The van der Waals surface area contributed by atoms with E-state index in [1.165, 1.54) is 14.0 Å². The highest BCUT2D eigenvalue weighted by Crippen LogP contribution is 2.22. The lowest BCUT2D eigenvalue weighted by atomic mass is 10.1. The third-order valence-corrected chi connectivity index (χ3v) is 2.97. The average molecular weight is 299 g/mol. The zero-order valence-electron chi connectivity index (χ0n) is 12.4. The monoisotopic (exact) mass is 299 g/mol. The van der Waals surface area contributed by atoms with Crippen LogP contribution in [0.3, 0.4) is 0 Å². The van der Waals surface area contributed by atoms with E-state index in [9.17, 15) is 9.59 Å². The van der Waals surface area contributed by atoms with Gasteiger partial charge in [-0.25, -0.2) is 0 Å². The fraction of sp³-hybridized carbons (Fsp3) is 0.188. The van der Waals surface area contributed by atoms with Crippen LogP contribution in [0.2, 0.25) is 0 Å². The van der Waals surface area contributed by atoms with E-state index in [2.05, 4.69) is 15.6 Å². The van der Waals surface area contributed by atoms with Crippen LogP contribution >= 0.6 is 0 Å². The first-order valence-corrected chi connectivity index (χ1v) is 6.73. The van der Waals surface area contributed by atoms with E-state index in [0.29, 0.717) is 23.5 Å². The van der Waals surface area contributed by atoms with Crippen molar-refractivity contribution in [1.29, 1.82) is 0 Å². The van der Waals surface area contributed by atoms with Gasteiger partial charge in [-0.3, -0.25) is 14.6 Å². The predicted molar refractivity (Wildman–Crippen MR) is 82.7 cm³/mol. The van der Waals surface area contributed by atoms with Crippen LogP contribution in [0.1, 0.15) is 22.8 Å². The standard InChI is InChI=1S/C16H17N3O3/c1-11(20)19-13-3-4-15(22-2)14(9-13)16(21)18-10-12-5-7-17-8-6-12/h3-9H,10H2,1-2H3,(H,18,21)(H,19,20). The molecule has 1 heterocycles. The number of nitrogens with zero attached hydrogens (tertiary/aromatic N) is 1. The molecule has 0 spiro atoms. The number of rotatable bonds is 5. The molecule has 0 radical (unpaired) electrons. The van der Waals surface area contributed by atoms with Crippen molar-refractivity contribution in [1.82, 2.24) is 10.3 Å². The lowest BCUT2D eigenvalue weighted by molar-refractivity contribution is -0.114. The van der Waals surface area contributed by atoms with E-state index in [1.807, 2.05) is 12.1 Å². The van der Waals surface area contributed by atoms with Crippen LogP contribution in [0.4, 0.5) is 5.69 Å². The Morgan fingerprint density at radius 1 is 1.18 bits per heavy atom. The Kier molecular flexibility index (Phi) is 5.08. The van der Waals surface area contributed by atoms with Gasteiger partial charge in [0.15, 0.2) is 0 Å². The highest BCUT2D eigenvalue weighted by Gasteiger charge is 2.13. The molecule has 2 amide bonds. The topological polar surface area (TPSA) is 80.3 Å². The molecule has 0 aliphatic rings. The molecule has 2 rings (SSSR count). The molecule has 0 aliphatic heterocycles. The molecular weight excluding hydrogens is 282 g/mol. The van der Waals surface area contributed by atoms with Gasteiger partial charge in [-0.05, 0) is 35.9 Å². The summed E-state index contributed by atoms with van der Waals surface area (Å²) in [5.74, 6) is -0.0319. The third-order valence-electron chi connectivity index (χ3n) is 2.97. The number of nitrogens with one attached hydrogen (secondary N) is 2. The number of benzene rings is 1. The number of methoxy groups -OCH3 is 1. The fourth-order valence-electron chi connectivity index (χ4n) is 1.94. The molecule has 114 valence electrons. The largest absolute Gasteiger partial charge is 0.496 e. The van der Waals surface area contributed by atoms with Gasteiger partial charge in [0.05, 0.1) is 12.7 Å². The summed E-state index contributed by atoms with van der Waals surface area (Å²) < 4.78 is 5.19. The van der Waals surface area contributed by atoms with Gasteiger partial charge in [0, 0.05) is 31.5 Å². The molecule has 0 unspecified atom stereocenters. The number of pyridine rings is 1. The second kappa shape index (κ2) is 7.21. The van der Waals surface area contributed by atoms with E-state index >= 15 is 0 Å². The van der Waals surface area contributed by atoms with E-state index in [1.54, 1.807) is 30.6 Å². The normalized spacial score (nSPS) is 9.91. The molecule has 6 heteroatoms. The molecule has 0 bridgehead atoms. The number of hydrogen-bond donors (Lipinski definition) is 2. The van der Waals surface area contributed by atoms with Gasteiger partial charge < -0.3 is 15.4 Å². The number of carbonyl (C=O) groups excluding carboxylic acids is 2. The first-order valence-electron chi connectivity index (χ1n) is 6.73. The highest BCUT2D eigenvalue weighted by molar-refractivity contribution is 5.99. The maximum absolute atomic E-state index is 12.3. The Labute approximate surface area is 128 Å². The average Bonchev–Trinajstić information content (AvgIpc) is 2.53. The molecular formula is C16H17N3O3. The van der Waals surface area contributed by atoms with Crippen LogP contribution in [-0.4, -0.2) is 23.9 Å². The van der Waals surface area contributed by atoms with Gasteiger partial charge in [0.2, 0.25) is 5.91 Å². The van der Waals surface area contributed by atoms with E-state index in [-0.39, 0.29) is 11.8 Å². The molecule has 1 aromatic carbocycles. The minimum Gasteiger partial charge on any atom is -0.496 e. The summed E-state index contributed by atoms with van der Waals surface area (Å²) in [6.45, 7) is 1.79. The molecule has 0 fully saturated rings. The maximum atomic E-state index is 12.3. The van der Waals surface area contributed by atoms with Crippen LogP contribution in [0.25, 0.3) is 0 Å². The van der Waals surface area contributed by atoms with Gasteiger partial charge in [0.1, 0.15) is 5.75 Å². The Hall–Kier alpha value is -2.89. The molecule has 0 aliphatic carbocycles. The van der Waals surface area contributed by atoms with Crippen molar-refractivity contribution in [2.75, 3.05) is 12.4 Å². The number of ether oxygens (including phenoxy) is 1. The quantitative estimate of drug-likeness (QED) is 0.884. The Morgan fingerprint density at radius 3 is 2.55 bits per heavy atom. The molecule has 1 aromatic heterocycles. The van der Waals surface area contributed by atoms with Gasteiger partial charge in [-0.15, -0.1) is 0 Å². The summed E-state index contributed by atoms with van der Waals surface area (Å²) in [5.41, 5.74) is 1.85. The second-order valence-corrected chi connectivity index (χ2v) is 4.63. The molecule has 6 nitrogen and oxygen atoms in total. The third kappa shape index (κ3) is 4.05. The molecule has 0 atom stereocenters. The van der Waals surface area contributed by atoms with Crippen LogP contribution in [-0.2, 0) is 11.3 Å². The second-order valence-electron chi connectivity index (χ2n) is 4.63. The fourth-order valence-corrected chi connectivity index (χ4v) is 1.94. The van der Waals surface area contributed by atoms with Crippen molar-refractivity contribution >= 4 is 17.5 Å². The van der Waals surface area contributed by atoms with Crippen LogP contribution < -0.4 is 15.4 Å². The first-order chi connectivity index (χ1) is 10.6. The first kappa shape index (κ1) is 15.5. The molecule has 2 N–H and O–H groups in total. The van der Waals surface area contributed by atoms with Crippen molar-refractivity contribution in [3.63, 3.8) is 0 Å². The lowest BCUT2D eigenvalue weighted by Gasteiger charge is -2.11. The van der Waals surface area contributed by atoms with E-state index < -0.39 is 0 Å². The SMILES string of the molecule is COc1ccc(NC(C)=O)cc1C(=O)NCc1ccncc1. The summed E-state index contributed by atoms with van der Waals surface area (Å²) in [4.78, 5) is 27.4. The minimum atomic E-state index is -0.277. The van der Waals surface area contributed by atoms with Crippen molar-refractivity contribution < 1.29 is 14.3 Å². The maximum Gasteiger partial charge on any atom is 0.255 e. The number of anilines is 1. The summed E-state index contributed by atoms with van der Waals surface area (Å²) in [6.07, 6.45) is 3.33. The van der Waals surface area contributed by atoms with Crippen molar-refractivity contribution in [3.8, 4) is 5.75 Å². The highest BCUT2D eigenvalue weighted by atomic mass is 16.5. The van der Waals surface area contributed by atoms with E-state index in [4.69, 9.17) is 4.74 Å². The summed E-state index contributed by atoms with van der Waals surface area (Å²) >= 11 is 0. The van der Waals surface area contributed by atoms with Crippen LogP contribution in [0.5, 0.6) is 5.75 Å². The number of aromatic nitrogens is 1. The van der Waals surface area contributed by atoms with Gasteiger partial charge in [-0.2, -0.15) is 0 Å². The Balaban J connectivity index is 2.14. The van der Waals surface area contributed by atoms with Gasteiger partial charge in [-0.1, -0.05) is 0 Å². The van der Waals surface area contributed by atoms with Gasteiger partial charge >= 0.3 is 0 Å². The number of hydrogen-bond acceptors (Lipinski definition) is 4. The molecule has 22 heavy (non-hydrogen) atoms. The molecule has 0 saturated carbocycles. The van der Waals surface area contributed by atoms with Crippen LogP contribution in [0.15, 0.2) is 42.7 Å². The summed E-state index contributed by atoms with van der Waals surface area (Å²) in [7, 11) is 1.49. The number of amides is 2. The minimum absolute atomic E-state index is 0.201. The molecule has 0 saturated heterocycles. The zero-order chi connectivity index (χ0) is 15.9. The lowest BCUT2D eigenvalue weighted by Crippen LogP contribution is -2.23. The van der Waals surface area contributed by atoms with Crippen molar-refractivity contribution in [3.05, 3.63) is 53.9 Å². The number of carbonyl (C=O) groups is 2. The molecule has 2 aromatic rings. The van der Waals surface area contributed by atoms with Crippen molar-refractivity contribution in [2.45, 2.75) is 13.5 Å². The summed E-state index contributed by atoms with van der Waals surface area (Å²) in [5, 5.41) is 5.45. The smallest absolute Gasteiger partial charge is 0.255 e. The van der Waals surface area contributed by atoms with Crippen LogP contribution in [0, 0.1) is 0 Å². The predicted octanol–water partition coefficient (Wildman–Crippen LogP) is 1.98. The van der Waals surface area contributed by atoms with Gasteiger partial charge in [0.25, 0.3) is 5.91 Å². The van der Waals surface area contributed by atoms with Crippen molar-refractivity contribution in [2.24, 2.45) is 0 Å². The summed E-state index contributed by atoms with van der Waals surface area (Å²) in [6, 6.07) is 8.56. The Bertz CT molecular complexity index is 672.